The van der Waals surface area contributed by atoms with Crippen molar-refractivity contribution in [1.29, 1.82) is 0 Å². The van der Waals surface area contributed by atoms with Crippen LogP contribution in [0.25, 0.3) is 5.52 Å². The molecule has 86 valence electrons. The topological polar surface area (TPSA) is 38.6 Å². The Labute approximate surface area is 95.2 Å². The highest BCUT2D eigenvalue weighted by Gasteiger charge is 2.02. The molecule has 2 aromatic heterocycles. The van der Waals surface area contributed by atoms with Crippen LogP contribution in [0.1, 0.15) is 19.4 Å². The van der Waals surface area contributed by atoms with E-state index in [0.29, 0.717) is 12.5 Å². The summed E-state index contributed by atoms with van der Waals surface area (Å²) in [4.78, 5) is 5.33. The average Bonchev–Trinajstić information content (AvgIpc) is 2.68. The van der Waals surface area contributed by atoms with Gasteiger partial charge in [-0.05, 0) is 18.1 Å². The fraction of sp³-hybridized carbons (Fsp3) is 0.417. The SMILES string of the molecule is CC(C)CONCc1cnn2ccccc12. The maximum atomic E-state index is 5.33. The van der Waals surface area contributed by atoms with Crippen molar-refractivity contribution in [3.8, 4) is 0 Å². The van der Waals surface area contributed by atoms with E-state index < -0.39 is 0 Å². The molecule has 0 radical (unpaired) electrons. The second kappa shape index (κ2) is 5.09. The zero-order valence-corrected chi connectivity index (χ0v) is 9.68. The van der Waals surface area contributed by atoms with Crippen molar-refractivity contribution in [1.82, 2.24) is 15.1 Å². The molecule has 0 aliphatic rings. The average molecular weight is 219 g/mol. The lowest BCUT2D eigenvalue weighted by atomic mass is 10.2. The Bertz CT molecular complexity index is 450. The lowest BCUT2D eigenvalue weighted by molar-refractivity contribution is 0.0198. The Hall–Kier alpha value is -1.39. The molecule has 2 aromatic rings. The number of hydrogen-bond donors (Lipinski definition) is 1. The first-order chi connectivity index (χ1) is 7.77. The van der Waals surface area contributed by atoms with Gasteiger partial charge in [0.25, 0.3) is 0 Å². The molecule has 4 heteroatoms. The first kappa shape index (κ1) is 11.1. The van der Waals surface area contributed by atoms with Gasteiger partial charge in [0.05, 0.1) is 18.3 Å². The standard InChI is InChI=1S/C12H17N3O/c1-10(2)9-16-14-8-11-7-13-15-6-4-3-5-12(11)15/h3-7,10,14H,8-9H2,1-2H3. The first-order valence-corrected chi connectivity index (χ1v) is 5.53. The molecule has 0 spiro atoms. The highest BCUT2D eigenvalue weighted by Crippen LogP contribution is 2.09. The predicted octanol–water partition coefficient (Wildman–Crippen LogP) is 2.01. The van der Waals surface area contributed by atoms with Crippen LogP contribution in [-0.2, 0) is 11.4 Å². The highest BCUT2D eigenvalue weighted by atomic mass is 16.6. The number of nitrogens with one attached hydrogen (secondary N) is 1. The Balaban J connectivity index is 1.94. The van der Waals surface area contributed by atoms with Crippen LogP contribution >= 0.6 is 0 Å². The van der Waals surface area contributed by atoms with Gasteiger partial charge in [0, 0.05) is 18.3 Å². The van der Waals surface area contributed by atoms with Crippen LogP contribution < -0.4 is 5.48 Å². The summed E-state index contributed by atoms with van der Waals surface area (Å²) in [5, 5.41) is 4.25. The van der Waals surface area contributed by atoms with Crippen LogP contribution in [0.5, 0.6) is 0 Å². The summed E-state index contributed by atoms with van der Waals surface area (Å²) in [7, 11) is 0. The fourth-order valence-electron chi connectivity index (χ4n) is 1.48. The van der Waals surface area contributed by atoms with Gasteiger partial charge in [0.1, 0.15) is 0 Å². The third-order valence-electron chi connectivity index (χ3n) is 2.29. The molecule has 2 heterocycles. The molecule has 0 aromatic carbocycles. The maximum absolute atomic E-state index is 5.33. The molecular formula is C12H17N3O. The molecule has 0 saturated carbocycles. The van der Waals surface area contributed by atoms with Crippen LogP contribution in [-0.4, -0.2) is 16.2 Å². The van der Waals surface area contributed by atoms with Gasteiger partial charge in [-0.25, -0.2) is 4.52 Å². The third kappa shape index (κ3) is 2.59. The number of nitrogens with zero attached hydrogens (tertiary/aromatic N) is 2. The van der Waals surface area contributed by atoms with E-state index in [1.165, 1.54) is 0 Å². The van der Waals surface area contributed by atoms with E-state index in [0.717, 1.165) is 17.7 Å². The third-order valence-corrected chi connectivity index (χ3v) is 2.29. The number of pyridine rings is 1. The van der Waals surface area contributed by atoms with E-state index >= 15 is 0 Å². The van der Waals surface area contributed by atoms with Crippen molar-refractivity contribution in [2.75, 3.05) is 6.61 Å². The molecule has 0 bridgehead atoms. The molecule has 0 saturated heterocycles. The Morgan fingerprint density at radius 1 is 1.44 bits per heavy atom. The van der Waals surface area contributed by atoms with Gasteiger partial charge in [-0.3, -0.25) is 0 Å². The van der Waals surface area contributed by atoms with Gasteiger partial charge in [-0.15, -0.1) is 0 Å². The molecule has 0 amide bonds. The molecule has 0 atom stereocenters. The molecule has 2 rings (SSSR count). The number of aromatic nitrogens is 2. The minimum Gasteiger partial charge on any atom is -0.301 e. The molecule has 1 N–H and O–H groups in total. The maximum Gasteiger partial charge on any atom is 0.0707 e. The van der Waals surface area contributed by atoms with E-state index in [1.807, 2.05) is 35.1 Å². The van der Waals surface area contributed by atoms with E-state index in [2.05, 4.69) is 24.4 Å². The van der Waals surface area contributed by atoms with E-state index in [1.54, 1.807) is 0 Å². The van der Waals surface area contributed by atoms with Crippen molar-refractivity contribution < 1.29 is 4.84 Å². The smallest absolute Gasteiger partial charge is 0.0707 e. The molecule has 0 aliphatic carbocycles. The largest absolute Gasteiger partial charge is 0.301 e. The lowest BCUT2D eigenvalue weighted by Crippen LogP contribution is -2.17. The Kier molecular flexibility index (Phi) is 3.54. The monoisotopic (exact) mass is 219 g/mol. The van der Waals surface area contributed by atoms with Crippen LogP contribution in [0, 0.1) is 5.92 Å². The summed E-state index contributed by atoms with van der Waals surface area (Å²) in [6, 6.07) is 6.02. The zero-order chi connectivity index (χ0) is 11.4. The quantitative estimate of drug-likeness (QED) is 0.617. The van der Waals surface area contributed by atoms with E-state index in [9.17, 15) is 0 Å². The fourth-order valence-corrected chi connectivity index (χ4v) is 1.48. The molecular weight excluding hydrogens is 202 g/mol. The molecule has 0 aliphatic heterocycles. The molecule has 16 heavy (non-hydrogen) atoms. The van der Waals surface area contributed by atoms with Crippen molar-refractivity contribution in [3.05, 3.63) is 36.2 Å². The van der Waals surface area contributed by atoms with Crippen molar-refractivity contribution in [2.45, 2.75) is 20.4 Å². The number of hydrogen-bond acceptors (Lipinski definition) is 3. The van der Waals surface area contributed by atoms with E-state index in [4.69, 9.17) is 4.84 Å². The van der Waals surface area contributed by atoms with Crippen molar-refractivity contribution >= 4 is 5.52 Å². The number of hydroxylamine groups is 1. The second-order valence-corrected chi connectivity index (χ2v) is 4.23. The van der Waals surface area contributed by atoms with Gasteiger partial charge in [0.15, 0.2) is 0 Å². The summed E-state index contributed by atoms with van der Waals surface area (Å²) in [5.74, 6) is 0.538. The summed E-state index contributed by atoms with van der Waals surface area (Å²) in [5.41, 5.74) is 5.21. The number of fused-ring (bicyclic) bond motifs is 1. The van der Waals surface area contributed by atoms with Gasteiger partial charge in [-0.2, -0.15) is 10.6 Å². The van der Waals surface area contributed by atoms with Crippen LogP contribution in [0.15, 0.2) is 30.6 Å². The van der Waals surface area contributed by atoms with Gasteiger partial charge in [-0.1, -0.05) is 19.9 Å². The van der Waals surface area contributed by atoms with Gasteiger partial charge in [0.2, 0.25) is 0 Å². The van der Waals surface area contributed by atoms with E-state index in [-0.39, 0.29) is 0 Å². The summed E-state index contributed by atoms with van der Waals surface area (Å²) in [6.07, 6.45) is 3.80. The lowest BCUT2D eigenvalue weighted by Gasteiger charge is -2.06. The summed E-state index contributed by atoms with van der Waals surface area (Å²) in [6.45, 7) is 5.65. The zero-order valence-electron chi connectivity index (χ0n) is 9.68. The van der Waals surface area contributed by atoms with Crippen LogP contribution in [0.2, 0.25) is 0 Å². The molecule has 0 fully saturated rings. The van der Waals surface area contributed by atoms with Gasteiger partial charge >= 0.3 is 0 Å². The Morgan fingerprint density at radius 2 is 2.31 bits per heavy atom. The predicted molar refractivity (Wildman–Crippen MR) is 62.8 cm³/mol. The molecule has 4 nitrogen and oxygen atoms in total. The number of rotatable bonds is 5. The summed E-state index contributed by atoms with van der Waals surface area (Å²) >= 11 is 0. The minimum absolute atomic E-state index is 0.538. The van der Waals surface area contributed by atoms with Crippen molar-refractivity contribution in [3.63, 3.8) is 0 Å². The minimum atomic E-state index is 0.538. The van der Waals surface area contributed by atoms with Gasteiger partial charge < -0.3 is 4.84 Å². The Morgan fingerprint density at radius 3 is 3.12 bits per heavy atom. The normalized spacial score (nSPS) is 11.4. The second-order valence-electron chi connectivity index (χ2n) is 4.23. The first-order valence-electron chi connectivity index (χ1n) is 5.53. The highest BCUT2D eigenvalue weighted by molar-refractivity contribution is 5.53. The molecule has 0 unspecified atom stereocenters. The van der Waals surface area contributed by atoms with Crippen molar-refractivity contribution in [2.24, 2.45) is 5.92 Å². The van der Waals surface area contributed by atoms with Crippen LogP contribution in [0.4, 0.5) is 0 Å². The van der Waals surface area contributed by atoms with Crippen LogP contribution in [0.3, 0.4) is 0 Å². The summed E-state index contributed by atoms with van der Waals surface area (Å²) < 4.78 is 1.86.